The fourth-order valence-electron chi connectivity index (χ4n) is 2.30. The van der Waals surface area contributed by atoms with Gasteiger partial charge in [0, 0.05) is 30.7 Å². The highest BCUT2D eigenvalue weighted by atomic mass is 79.9. The van der Waals surface area contributed by atoms with Gasteiger partial charge in [-0.3, -0.25) is 4.79 Å². The third kappa shape index (κ3) is 4.58. The van der Waals surface area contributed by atoms with Gasteiger partial charge in [-0.05, 0) is 42.9 Å². The Morgan fingerprint density at radius 2 is 1.95 bits per heavy atom. The fourth-order valence-corrected chi connectivity index (χ4v) is 2.73. The topological polar surface area (TPSA) is 58.8 Å². The van der Waals surface area contributed by atoms with E-state index < -0.39 is 0 Å². The predicted octanol–water partition coefficient (Wildman–Crippen LogP) is 1.91. The Hall–Kier alpha value is -1.34. The second kappa shape index (κ2) is 7.78. The SMILES string of the molecule is Cc1cc(OCCC(=O)N2CCN(C(N)=S)CC2)ccc1Br. The zero-order valence-corrected chi connectivity index (χ0v) is 15.0. The van der Waals surface area contributed by atoms with Crippen molar-refractivity contribution in [1.82, 2.24) is 9.80 Å². The summed E-state index contributed by atoms with van der Waals surface area (Å²) in [7, 11) is 0. The normalized spacial score (nSPS) is 14.8. The van der Waals surface area contributed by atoms with Crippen molar-refractivity contribution in [3.63, 3.8) is 0 Å². The maximum atomic E-state index is 12.1. The first-order valence-corrected chi connectivity index (χ1v) is 8.38. The molecule has 22 heavy (non-hydrogen) atoms. The number of halogens is 1. The van der Waals surface area contributed by atoms with Crippen molar-refractivity contribution in [1.29, 1.82) is 0 Å². The summed E-state index contributed by atoms with van der Waals surface area (Å²) in [4.78, 5) is 15.9. The predicted molar refractivity (Wildman–Crippen MR) is 93.9 cm³/mol. The molecule has 0 aliphatic carbocycles. The number of aryl methyl sites for hydroxylation is 1. The number of nitrogens with zero attached hydrogens (tertiary/aromatic N) is 2. The summed E-state index contributed by atoms with van der Waals surface area (Å²) in [6.45, 7) is 5.11. The number of benzene rings is 1. The molecule has 1 fully saturated rings. The van der Waals surface area contributed by atoms with Gasteiger partial charge in [0.15, 0.2) is 5.11 Å². The first kappa shape index (κ1) is 17.0. The van der Waals surface area contributed by atoms with Gasteiger partial charge in [-0.15, -0.1) is 0 Å². The smallest absolute Gasteiger partial charge is 0.226 e. The van der Waals surface area contributed by atoms with Gasteiger partial charge in [0.1, 0.15) is 5.75 Å². The molecule has 1 saturated heterocycles. The van der Waals surface area contributed by atoms with Crippen LogP contribution in [-0.2, 0) is 4.79 Å². The summed E-state index contributed by atoms with van der Waals surface area (Å²) < 4.78 is 6.69. The van der Waals surface area contributed by atoms with Gasteiger partial charge in [-0.1, -0.05) is 15.9 Å². The molecule has 1 aliphatic rings. The summed E-state index contributed by atoms with van der Waals surface area (Å²) >= 11 is 8.39. The molecule has 0 saturated carbocycles. The summed E-state index contributed by atoms with van der Waals surface area (Å²) in [6.07, 6.45) is 0.377. The van der Waals surface area contributed by atoms with Crippen molar-refractivity contribution in [3.8, 4) is 5.75 Å². The van der Waals surface area contributed by atoms with E-state index in [-0.39, 0.29) is 5.91 Å². The number of rotatable bonds is 4. The number of carbonyl (C=O) groups is 1. The quantitative estimate of drug-likeness (QED) is 0.802. The van der Waals surface area contributed by atoms with Gasteiger partial charge in [0.05, 0.1) is 13.0 Å². The highest BCUT2D eigenvalue weighted by Gasteiger charge is 2.21. The largest absolute Gasteiger partial charge is 0.493 e. The molecular formula is C15H20BrN3O2S. The summed E-state index contributed by atoms with van der Waals surface area (Å²) in [5.41, 5.74) is 6.70. The van der Waals surface area contributed by atoms with E-state index in [0.717, 1.165) is 15.8 Å². The number of piperazine rings is 1. The van der Waals surface area contributed by atoms with Crippen LogP contribution >= 0.6 is 28.1 Å². The first-order valence-electron chi connectivity index (χ1n) is 7.18. The molecule has 0 bridgehead atoms. The molecule has 1 heterocycles. The monoisotopic (exact) mass is 385 g/mol. The van der Waals surface area contributed by atoms with Crippen LogP contribution in [0.3, 0.4) is 0 Å². The standard InChI is InChI=1S/C15H20BrN3O2S/c1-11-10-12(2-3-13(11)16)21-9-4-14(20)18-5-7-19(8-6-18)15(17)22/h2-3,10H,4-9H2,1H3,(H2,17,22). The lowest BCUT2D eigenvalue weighted by molar-refractivity contribution is -0.132. The first-order chi connectivity index (χ1) is 10.5. The van der Waals surface area contributed by atoms with E-state index >= 15 is 0 Å². The van der Waals surface area contributed by atoms with Crippen molar-refractivity contribution in [3.05, 3.63) is 28.2 Å². The molecule has 1 aliphatic heterocycles. The van der Waals surface area contributed by atoms with E-state index in [1.807, 2.05) is 34.9 Å². The zero-order valence-electron chi connectivity index (χ0n) is 12.5. The average molecular weight is 386 g/mol. The second-order valence-electron chi connectivity index (χ2n) is 5.22. The minimum atomic E-state index is 0.108. The number of carbonyl (C=O) groups excluding carboxylic acids is 1. The van der Waals surface area contributed by atoms with Crippen molar-refractivity contribution >= 4 is 39.2 Å². The lowest BCUT2D eigenvalue weighted by atomic mass is 10.2. The van der Waals surface area contributed by atoms with E-state index in [1.165, 1.54) is 0 Å². The molecule has 5 nitrogen and oxygen atoms in total. The van der Waals surface area contributed by atoms with Gasteiger partial charge in [-0.2, -0.15) is 0 Å². The average Bonchev–Trinajstić information content (AvgIpc) is 2.51. The number of ether oxygens (including phenoxy) is 1. The Balaban J connectivity index is 1.74. The summed E-state index contributed by atoms with van der Waals surface area (Å²) in [5, 5.41) is 0.404. The maximum absolute atomic E-state index is 12.1. The second-order valence-corrected chi connectivity index (χ2v) is 6.49. The molecule has 0 aromatic heterocycles. The number of nitrogens with two attached hydrogens (primary N) is 1. The molecular weight excluding hydrogens is 366 g/mol. The molecule has 1 amide bonds. The Morgan fingerprint density at radius 3 is 2.55 bits per heavy atom. The van der Waals surface area contributed by atoms with E-state index in [1.54, 1.807) is 0 Å². The van der Waals surface area contributed by atoms with Crippen LogP contribution in [0.1, 0.15) is 12.0 Å². The van der Waals surface area contributed by atoms with Crippen LogP contribution in [0.15, 0.2) is 22.7 Å². The maximum Gasteiger partial charge on any atom is 0.226 e. The van der Waals surface area contributed by atoms with Crippen LogP contribution in [0.25, 0.3) is 0 Å². The summed E-state index contributed by atoms with van der Waals surface area (Å²) in [5.74, 6) is 0.892. The molecule has 7 heteroatoms. The minimum Gasteiger partial charge on any atom is -0.493 e. The number of hydrogen-bond acceptors (Lipinski definition) is 3. The van der Waals surface area contributed by atoms with Crippen molar-refractivity contribution in [2.24, 2.45) is 5.73 Å². The van der Waals surface area contributed by atoms with E-state index in [4.69, 9.17) is 22.7 Å². The van der Waals surface area contributed by atoms with Gasteiger partial charge in [0.25, 0.3) is 0 Å². The number of thiocarbonyl (C=S) groups is 1. The van der Waals surface area contributed by atoms with E-state index in [2.05, 4.69) is 15.9 Å². The molecule has 120 valence electrons. The highest BCUT2D eigenvalue weighted by molar-refractivity contribution is 9.10. The minimum absolute atomic E-state index is 0.108. The molecule has 2 rings (SSSR count). The van der Waals surface area contributed by atoms with Crippen LogP contribution in [0, 0.1) is 6.92 Å². The van der Waals surface area contributed by atoms with Gasteiger partial charge in [0.2, 0.25) is 5.91 Å². The van der Waals surface area contributed by atoms with Gasteiger partial charge < -0.3 is 20.3 Å². The Labute approximate surface area is 144 Å². The van der Waals surface area contributed by atoms with Crippen LogP contribution in [0.2, 0.25) is 0 Å². The van der Waals surface area contributed by atoms with Crippen LogP contribution in [0.4, 0.5) is 0 Å². The fraction of sp³-hybridized carbons (Fsp3) is 0.467. The molecule has 1 aromatic rings. The van der Waals surface area contributed by atoms with Crippen LogP contribution < -0.4 is 10.5 Å². The third-order valence-electron chi connectivity index (χ3n) is 3.66. The van der Waals surface area contributed by atoms with E-state index in [9.17, 15) is 4.79 Å². The van der Waals surface area contributed by atoms with Crippen LogP contribution in [-0.4, -0.2) is 53.6 Å². The molecule has 0 atom stereocenters. The third-order valence-corrected chi connectivity index (χ3v) is 4.81. The number of hydrogen-bond donors (Lipinski definition) is 1. The van der Waals surface area contributed by atoms with Crippen molar-refractivity contribution in [2.75, 3.05) is 32.8 Å². The van der Waals surface area contributed by atoms with Crippen molar-refractivity contribution < 1.29 is 9.53 Å². The lowest BCUT2D eigenvalue weighted by Gasteiger charge is -2.35. The Kier molecular flexibility index (Phi) is 6.02. The molecule has 0 radical (unpaired) electrons. The molecule has 0 spiro atoms. The molecule has 0 unspecified atom stereocenters. The molecule has 2 N–H and O–H groups in total. The highest BCUT2D eigenvalue weighted by Crippen LogP contribution is 2.21. The van der Waals surface area contributed by atoms with Crippen molar-refractivity contribution in [2.45, 2.75) is 13.3 Å². The molecule has 1 aromatic carbocycles. The van der Waals surface area contributed by atoms with Crippen LogP contribution in [0.5, 0.6) is 5.75 Å². The van der Waals surface area contributed by atoms with Gasteiger partial charge >= 0.3 is 0 Å². The summed E-state index contributed by atoms with van der Waals surface area (Å²) in [6, 6.07) is 5.79. The number of amides is 1. The zero-order chi connectivity index (χ0) is 16.1. The van der Waals surface area contributed by atoms with Gasteiger partial charge in [-0.25, -0.2) is 0 Å². The van der Waals surface area contributed by atoms with E-state index in [0.29, 0.717) is 44.3 Å². The lowest BCUT2D eigenvalue weighted by Crippen LogP contribution is -2.52. The Bertz CT molecular complexity index is 560. The Morgan fingerprint density at radius 1 is 1.32 bits per heavy atom.